The van der Waals surface area contributed by atoms with Gasteiger partial charge in [0.05, 0.1) is 11.2 Å². The molecular formula is C17H23BrN4O. The van der Waals surface area contributed by atoms with Crippen LogP contribution in [-0.4, -0.2) is 59.3 Å². The van der Waals surface area contributed by atoms with Crippen molar-refractivity contribution < 1.29 is 5.11 Å². The Morgan fingerprint density at radius 2 is 2.13 bits per heavy atom. The van der Waals surface area contributed by atoms with Gasteiger partial charge in [-0.2, -0.15) is 0 Å². The van der Waals surface area contributed by atoms with Crippen molar-refractivity contribution in [2.45, 2.75) is 25.3 Å². The number of nitrogens with zero attached hydrogens (tertiary/aromatic N) is 4. The standard InChI is InChI=1S/C17H23BrN4O/c1-21(7-2-10-23)14-4-8-22(9-5-14)16-3-6-19-15-11-13(18)12-20-17(15)16/h3,6,11-12,14,23H,2,4-5,7-10H2,1H3. The fraction of sp³-hybridized carbons (Fsp3) is 0.529. The molecule has 1 saturated heterocycles. The second-order valence-corrected chi connectivity index (χ2v) is 7.04. The summed E-state index contributed by atoms with van der Waals surface area (Å²) in [4.78, 5) is 13.8. The van der Waals surface area contributed by atoms with Crippen molar-refractivity contribution in [2.24, 2.45) is 0 Å². The zero-order chi connectivity index (χ0) is 16.2. The maximum atomic E-state index is 8.97. The van der Waals surface area contributed by atoms with Gasteiger partial charge in [0.2, 0.25) is 0 Å². The Bertz CT molecular complexity index is 658. The average molecular weight is 379 g/mol. The molecule has 0 unspecified atom stereocenters. The smallest absolute Gasteiger partial charge is 0.112 e. The van der Waals surface area contributed by atoms with E-state index in [4.69, 9.17) is 5.11 Å². The van der Waals surface area contributed by atoms with Crippen LogP contribution in [0.4, 0.5) is 5.69 Å². The van der Waals surface area contributed by atoms with Gasteiger partial charge in [-0.1, -0.05) is 0 Å². The molecule has 23 heavy (non-hydrogen) atoms. The molecule has 1 N–H and O–H groups in total. The number of aliphatic hydroxyl groups excluding tert-OH is 1. The summed E-state index contributed by atoms with van der Waals surface area (Å²) >= 11 is 3.46. The summed E-state index contributed by atoms with van der Waals surface area (Å²) in [5, 5.41) is 8.97. The molecule has 0 aromatic carbocycles. The number of hydrogen-bond acceptors (Lipinski definition) is 5. The van der Waals surface area contributed by atoms with E-state index in [1.165, 1.54) is 5.69 Å². The molecule has 3 rings (SSSR count). The minimum absolute atomic E-state index is 0.271. The molecular weight excluding hydrogens is 356 g/mol. The van der Waals surface area contributed by atoms with Crippen molar-refractivity contribution in [3.05, 3.63) is 29.0 Å². The molecule has 5 nitrogen and oxygen atoms in total. The number of aliphatic hydroxyl groups is 1. The third kappa shape index (κ3) is 3.82. The summed E-state index contributed by atoms with van der Waals surface area (Å²) < 4.78 is 0.957. The lowest BCUT2D eigenvalue weighted by Gasteiger charge is -2.38. The molecule has 0 aliphatic carbocycles. The van der Waals surface area contributed by atoms with Crippen LogP contribution < -0.4 is 4.90 Å². The first-order valence-electron chi connectivity index (χ1n) is 8.15. The van der Waals surface area contributed by atoms with Crippen LogP contribution in [0.3, 0.4) is 0 Å². The first kappa shape index (κ1) is 16.6. The van der Waals surface area contributed by atoms with Crippen molar-refractivity contribution in [3.63, 3.8) is 0 Å². The van der Waals surface area contributed by atoms with Gasteiger partial charge in [-0.15, -0.1) is 0 Å². The van der Waals surface area contributed by atoms with Gasteiger partial charge < -0.3 is 14.9 Å². The number of aromatic nitrogens is 2. The summed E-state index contributed by atoms with van der Waals surface area (Å²) in [6, 6.07) is 4.69. The number of piperidine rings is 1. The summed E-state index contributed by atoms with van der Waals surface area (Å²) in [6.45, 7) is 3.30. The molecule has 0 radical (unpaired) electrons. The highest BCUT2D eigenvalue weighted by Gasteiger charge is 2.23. The monoisotopic (exact) mass is 378 g/mol. The van der Waals surface area contributed by atoms with E-state index in [0.717, 1.165) is 54.4 Å². The number of rotatable bonds is 5. The molecule has 1 fully saturated rings. The minimum Gasteiger partial charge on any atom is -0.396 e. The van der Waals surface area contributed by atoms with Crippen LogP contribution in [0.1, 0.15) is 19.3 Å². The van der Waals surface area contributed by atoms with Crippen LogP contribution in [0.15, 0.2) is 29.0 Å². The third-order valence-electron chi connectivity index (χ3n) is 4.62. The molecule has 0 bridgehead atoms. The summed E-state index contributed by atoms with van der Waals surface area (Å²) in [5.74, 6) is 0. The van der Waals surface area contributed by atoms with Crippen LogP contribution >= 0.6 is 15.9 Å². The van der Waals surface area contributed by atoms with Crippen LogP contribution in [0, 0.1) is 0 Å². The van der Waals surface area contributed by atoms with Crippen molar-refractivity contribution in [1.82, 2.24) is 14.9 Å². The van der Waals surface area contributed by atoms with E-state index >= 15 is 0 Å². The van der Waals surface area contributed by atoms with Gasteiger partial charge in [0.25, 0.3) is 0 Å². The second-order valence-electron chi connectivity index (χ2n) is 6.13. The third-order valence-corrected chi connectivity index (χ3v) is 5.05. The van der Waals surface area contributed by atoms with Crippen LogP contribution in [0.5, 0.6) is 0 Å². The first-order valence-corrected chi connectivity index (χ1v) is 8.94. The Morgan fingerprint density at radius 3 is 2.87 bits per heavy atom. The predicted octanol–water partition coefficient (Wildman–Crippen LogP) is 2.68. The number of anilines is 1. The van der Waals surface area contributed by atoms with E-state index in [1.54, 1.807) is 0 Å². The molecule has 0 atom stereocenters. The van der Waals surface area contributed by atoms with Gasteiger partial charge >= 0.3 is 0 Å². The molecule has 1 aliphatic rings. The number of pyridine rings is 2. The van der Waals surface area contributed by atoms with Crippen LogP contribution in [-0.2, 0) is 0 Å². The molecule has 0 amide bonds. The lowest BCUT2D eigenvalue weighted by Crippen LogP contribution is -2.44. The highest BCUT2D eigenvalue weighted by atomic mass is 79.9. The molecule has 2 aromatic heterocycles. The predicted molar refractivity (Wildman–Crippen MR) is 96.8 cm³/mol. The zero-order valence-corrected chi connectivity index (χ0v) is 15.0. The van der Waals surface area contributed by atoms with E-state index in [0.29, 0.717) is 6.04 Å². The molecule has 1 aliphatic heterocycles. The van der Waals surface area contributed by atoms with Gasteiger partial charge in [0, 0.05) is 49.1 Å². The largest absolute Gasteiger partial charge is 0.396 e. The number of hydrogen-bond donors (Lipinski definition) is 1. The SMILES string of the molecule is CN(CCCO)C1CCN(c2ccnc3cc(Br)cnc23)CC1. The zero-order valence-electron chi connectivity index (χ0n) is 13.5. The van der Waals surface area contributed by atoms with E-state index in [1.807, 2.05) is 18.5 Å². The Kier molecular flexibility index (Phi) is 5.46. The van der Waals surface area contributed by atoms with Crippen molar-refractivity contribution in [3.8, 4) is 0 Å². The molecule has 124 valence electrons. The van der Waals surface area contributed by atoms with Crippen molar-refractivity contribution in [2.75, 3.05) is 38.2 Å². The topological polar surface area (TPSA) is 52.5 Å². The van der Waals surface area contributed by atoms with Crippen molar-refractivity contribution >= 4 is 32.7 Å². The van der Waals surface area contributed by atoms with Gasteiger partial charge in [0.15, 0.2) is 0 Å². The highest BCUT2D eigenvalue weighted by molar-refractivity contribution is 9.10. The molecule has 2 aromatic rings. The molecule has 3 heterocycles. The second kappa shape index (κ2) is 7.55. The van der Waals surface area contributed by atoms with E-state index < -0.39 is 0 Å². The van der Waals surface area contributed by atoms with Crippen molar-refractivity contribution in [1.29, 1.82) is 0 Å². The van der Waals surface area contributed by atoms with Crippen LogP contribution in [0.2, 0.25) is 0 Å². The number of halogens is 1. The molecule has 0 spiro atoms. The Hall–Kier alpha value is -1.24. The van der Waals surface area contributed by atoms with Gasteiger partial charge in [-0.3, -0.25) is 9.97 Å². The number of fused-ring (bicyclic) bond motifs is 1. The average Bonchev–Trinajstić information content (AvgIpc) is 2.59. The molecule has 6 heteroatoms. The lowest BCUT2D eigenvalue weighted by atomic mass is 10.0. The summed E-state index contributed by atoms with van der Waals surface area (Å²) in [6.07, 6.45) is 6.84. The quantitative estimate of drug-likeness (QED) is 0.866. The molecule has 0 saturated carbocycles. The van der Waals surface area contributed by atoms with E-state index in [2.05, 4.69) is 48.8 Å². The summed E-state index contributed by atoms with van der Waals surface area (Å²) in [7, 11) is 2.16. The normalized spacial score (nSPS) is 16.4. The maximum absolute atomic E-state index is 8.97. The van der Waals surface area contributed by atoms with Gasteiger partial charge in [-0.25, -0.2) is 0 Å². The van der Waals surface area contributed by atoms with E-state index in [-0.39, 0.29) is 6.61 Å². The highest BCUT2D eigenvalue weighted by Crippen LogP contribution is 2.28. The lowest BCUT2D eigenvalue weighted by molar-refractivity contribution is 0.184. The fourth-order valence-electron chi connectivity index (χ4n) is 3.30. The Morgan fingerprint density at radius 1 is 1.35 bits per heavy atom. The fourth-order valence-corrected chi connectivity index (χ4v) is 3.62. The van der Waals surface area contributed by atoms with E-state index in [9.17, 15) is 0 Å². The van der Waals surface area contributed by atoms with Gasteiger partial charge in [0.1, 0.15) is 5.52 Å². The minimum atomic E-state index is 0.271. The summed E-state index contributed by atoms with van der Waals surface area (Å²) in [5.41, 5.74) is 3.08. The first-order chi connectivity index (χ1) is 11.2. The Balaban J connectivity index is 1.70. The van der Waals surface area contributed by atoms with Crippen LogP contribution in [0.25, 0.3) is 11.0 Å². The maximum Gasteiger partial charge on any atom is 0.112 e. The van der Waals surface area contributed by atoms with Gasteiger partial charge in [-0.05, 0) is 54.4 Å². The Labute approximate surface area is 145 Å².